The monoisotopic (exact) mass is 248 g/mol. The van der Waals surface area contributed by atoms with Gasteiger partial charge in [-0.15, -0.1) is 10.2 Å². The number of hydrogen-bond acceptors (Lipinski definition) is 5. The van der Waals surface area contributed by atoms with E-state index in [0.29, 0.717) is 6.42 Å². The molecule has 0 aliphatic carbocycles. The molecule has 0 bridgehead atoms. The zero-order valence-electron chi connectivity index (χ0n) is 9.67. The summed E-state index contributed by atoms with van der Waals surface area (Å²) in [4.78, 5) is 0. The van der Waals surface area contributed by atoms with E-state index in [-0.39, 0.29) is 0 Å². The topological polar surface area (TPSA) is 67.6 Å². The van der Waals surface area contributed by atoms with Crippen LogP contribution in [0.2, 0.25) is 0 Å². The van der Waals surface area contributed by atoms with Crippen molar-refractivity contribution in [1.82, 2.24) is 14.8 Å². The van der Waals surface area contributed by atoms with Crippen LogP contribution in [-0.4, -0.2) is 20.5 Å². The normalized spacial score (nSPS) is 10.4. The largest absolute Gasteiger partial charge is 0.469 e. The maximum atomic E-state index is 8.49. The Kier molecular flexibility index (Phi) is 3.49. The van der Waals surface area contributed by atoms with Gasteiger partial charge in [0.05, 0.1) is 17.9 Å². The average Bonchev–Trinajstić information content (AvgIpc) is 2.87. The first kappa shape index (κ1) is 11.7. The molecule has 2 heterocycles. The molecular weight excluding hydrogens is 236 g/mol. The highest BCUT2D eigenvalue weighted by atomic mass is 32.2. The van der Waals surface area contributed by atoms with Crippen molar-refractivity contribution in [3.05, 3.63) is 18.1 Å². The highest BCUT2D eigenvalue weighted by molar-refractivity contribution is 7.99. The SMILES string of the molecule is Cc1occc1-c1nnc(SCCC#N)n1C. The van der Waals surface area contributed by atoms with Gasteiger partial charge in [-0.1, -0.05) is 11.8 Å². The van der Waals surface area contributed by atoms with E-state index in [0.717, 1.165) is 28.1 Å². The van der Waals surface area contributed by atoms with Crippen molar-refractivity contribution in [1.29, 1.82) is 5.26 Å². The summed E-state index contributed by atoms with van der Waals surface area (Å²) in [6.45, 7) is 1.90. The van der Waals surface area contributed by atoms with Gasteiger partial charge in [0.1, 0.15) is 5.76 Å². The zero-order valence-corrected chi connectivity index (χ0v) is 10.5. The lowest BCUT2D eigenvalue weighted by molar-refractivity contribution is 0.534. The maximum Gasteiger partial charge on any atom is 0.191 e. The number of thioether (sulfide) groups is 1. The molecule has 0 spiro atoms. The fourth-order valence-electron chi connectivity index (χ4n) is 1.48. The van der Waals surface area contributed by atoms with Crippen LogP contribution in [0.25, 0.3) is 11.4 Å². The summed E-state index contributed by atoms with van der Waals surface area (Å²) in [5, 5.41) is 17.6. The van der Waals surface area contributed by atoms with Gasteiger partial charge in [0.25, 0.3) is 0 Å². The van der Waals surface area contributed by atoms with Gasteiger partial charge in [0, 0.05) is 19.2 Å². The average molecular weight is 248 g/mol. The molecule has 2 aromatic heterocycles. The Labute approximate surface area is 103 Å². The van der Waals surface area contributed by atoms with Crippen LogP contribution in [0.4, 0.5) is 0 Å². The van der Waals surface area contributed by atoms with Gasteiger partial charge < -0.3 is 8.98 Å². The molecule has 0 aliphatic rings. The number of hydrogen-bond donors (Lipinski definition) is 0. The molecule has 0 amide bonds. The fraction of sp³-hybridized carbons (Fsp3) is 0.364. The first-order valence-electron chi connectivity index (χ1n) is 5.17. The third-order valence-corrected chi connectivity index (χ3v) is 3.40. The van der Waals surface area contributed by atoms with Gasteiger partial charge in [-0.25, -0.2) is 0 Å². The minimum Gasteiger partial charge on any atom is -0.469 e. The number of nitrogens with zero attached hydrogens (tertiary/aromatic N) is 4. The highest BCUT2D eigenvalue weighted by Gasteiger charge is 2.14. The molecule has 0 saturated heterocycles. The summed E-state index contributed by atoms with van der Waals surface area (Å²) in [6, 6.07) is 3.99. The molecule has 17 heavy (non-hydrogen) atoms. The summed E-state index contributed by atoms with van der Waals surface area (Å²) < 4.78 is 7.17. The summed E-state index contributed by atoms with van der Waals surface area (Å²) in [5.41, 5.74) is 0.951. The van der Waals surface area contributed by atoms with Crippen LogP contribution in [0.1, 0.15) is 12.2 Å². The Morgan fingerprint density at radius 2 is 2.35 bits per heavy atom. The number of furan rings is 1. The predicted octanol–water partition coefficient (Wildman–Crippen LogP) is 2.39. The van der Waals surface area contributed by atoms with Crippen molar-refractivity contribution in [2.45, 2.75) is 18.5 Å². The molecule has 2 rings (SSSR count). The molecule has 0 unspecified atom stereocenters. The summed E-state index contributed by atoms with van der Waals surface area (Å²) >= 11 is 1.53. The molecule has 0 saturated carbocycles. The van der Waals surface area contributed by atoms with E-state index < -0.39 is 0 Å². The Balaban J connectivity index is 2.22. The molecule has 5 nitrogen and oxygen atoms in total. The molecule has 0 fully saturated rings. The number of aromatic nitrogens is 3. The smallest absolute Gasteiger partial charge is 0.191 e. The van der Waals surface area contributed by atoms with Crippen LogP contribution in [0, 0.1) is 18.3 Å². The molecule has 0 N–H and O–H groups in total. The second-order valence-electron chi connectivity index (χ2n) is 3.51. The summed E-state index contributed by atoms with van der Waals surface area (Å²) in [5.74, 6) is 2.34. The van der Waals surface area contributed by atoms with Gasteiger partial charge in [-0.3, -0.25) is 0 Å². The van der Waals surface area contributed by atoms with Crippen molar-refractivity contribution in [2.75, 3.05) is 5.75 Å². The lowest BCUT2D eigenvalue weighted by atomic mass is 10.2. The van der Waals surface area contributed by atoms with Crippen molar-refractivity contribution in [3.63, 3.8) is 0 Å². The number of rotatable bonds is 4. The fourth-order valence-corrected chi connectivity index (χ4v) is 2.23. The van der Waals surface area contributed by atoms with Crippen LogP contribution >= 0.6 is 11.8 Å². The van der Waals surface area contributed by atoms with E-state index >= 15 is 0 Å². The lowest BCUT2D eigenvalue weighted by Gasteiger charge is -2.01. The Bertz CT molecular complexity index is 552. The van der Waals surface area contributed by atoms with Crippen LogP contribution < -0.4 is 0 Å². The molecule has 0 aromatic carbocycles. The van der Waals surface area contributed by atoms with Crippen LogP contribution in [0.15, 0.2) is 21.9 Å². The van der Waals surface area contributed by atoms with E-state index in [9.17, 15) is 0 Å². The first-order chi connectivity index (χ1) is 8.24. The zero-order chi connectivity index (χ0) is 12.3. The van der Waals surface area contributed by atoms with Gasteiger partial charge in [-0.05, 0) is 13.0 Å². The van der Waals surface area contributed by atoms with Crippen LogP contribution in [0.5, 0.6) is 0 Å². The first-order valence-corrected chi connectivity index (χ1v) is 6.16. The van der Waals surface area contributed by atoms with Crippen molar-refractivity contribution in [2.24, 2.45) is 7.05 Å². The van der Waals surface area contributed by atoms with Crippen LogP contribution in [0.3, 0.4) is 0 Å². The van der Waals surface area contributed by atoms with Crippen molar-refractivity contribution < 1.29 is 4.42 Å². The van der Waals surface area contributed by atoms with Gasteiger partial charge in [-0.2, -0.15) is 5.26 Å². The maximum absolute atomic E-state index is 8.49. The third-order valence-electron chi connectivity index (χ3n) is 2.38. The quantitative estimate of drug-likeness (QED) is 0.614. The van der Waals surface area contributed by atoms with Crippen molar-refractivity contribution in [3.8, 4) is 17.5 Å². The predicted molar refractivity (Wildman–Crippen MR) is 64.4 cm³/mol. The number of nitriles is 1. The van der Waals surface area contributed by atoms with E-state index in [4.69, 9.17) is 9.68 Å². The van der Waals surface area contributed by atoms with E-state index in [2.05, 4.69) is 16.3 Å². The van der Waals surface area contributed by atoms with E-state index in [1.807, 2.05) is 24.6 Å². The summed E-state index contributed by atoms with van der Waals surface area (Å²) in [6.07, 6.45) is 2.15. The third kappa shape index (κ3) is 2.34. The molecule has 6 heteroatoms. The van der Waals surface area contributed by atoms with Gasteiger partial charge in [0.2, 0.25) is 0 Å². The second-order valence-corrected chi connectivity index (χ2v) is 4.57. The summed E-state index contributed by atoms with van der Waals surface area (Å²) in [7, 11) is 1.91. The van der Waals surface area contributed by atoms with E-state index in [1.54, 1.807) is 6.26 Å². The number of aryl methyl sites for hydroxylation is 1. The van der Waals surface area contributed by atoms with Gasteiger partial charge in [0.15, 0.2) is 11.0 Å². The molecule has 88 valence electrons. The molecule has 0 aliphatic heterocycles. The Morgan fingerprint density at radius 1 is 1.53 bits per heavy atom. The van der Waals surface area contributed by atoms with Crippen LogP contribution in [-0.2, 0) is 7.05 Å². The molecule has 0 radical (unpaired) electrons. The molecular formula is C11H12N4OS. The Morgan fingerprint density at radius 3 is 3.00 bits per heavy atom. The minimum absolute atomic E-state index is 0.512. The standard InChI is InChI=1S/C11H12N4OS/c1-8-9(4-6-16-8)10-13-14-11(15(10)2)17-7-3-5-12/h4,6H,3,7H2,1-2H3. The lowest BCUT2D eigenvalue weighted by Crippen LogP contribution is -1.95. The minimum atomic E-state index is 0.512. The van der Waals surface area contributed by atoms with Gasteiger partial charge >= 0.3 is 0 Å². The Hall–Kier alpha value is -1.74. The van der Waals surface area contributed by atoms with Crippen molar-refractivity contribution >= 4 is 11.8 Å². The van der Waals surface area contributed by atoms with E-state index in [1.165, 1.54) is 11.8 Å². The second kappa shape index (κ2) is 5.06. The highest BCUT2D eigenvalue weighted by Crippen LogP contribution is 2.25. The molecule has 2 aromatic rings. The molecule has 0 atom stereocenters.